The van der Waals surface area contributed by atoms with E-state index in [9.17, 15) is 0 Å². The summed E-state index contributed by atoms with van der Waals surface area (Å²) in [6.07, 6.45) is 0. The number of amidine groups is 1. The van der Waals surface area contributed by atoms with Crippen LogP contribution >= 0.6 is 0 Å². The van der Waals surface area contributed by atoms with Gasteiger partial charge in [0.25, 0.3) is 0 Å². The van der Waals surface area contributed by atoms with Gasteiger partial charge in [-0.05, 0) is 6.92 Å². The Bertz CT molecular complexity index is 2430. The van der Waals surface area contributed by atoms with Gasteiger partial charge in [-0.25, -0.2) is 15.0 Å². The number of benzene rings is 4. The zero-order valence-electron chi connectivity index (χ0n) is 24.0. The summed E-state index contributed by atoms with van der Waals surface area (Å²) in [6.45, 7) is 1.99. The molecule has 0 saturated carbocycles. The average Bonchev–Trinajstić information content (AvgIpc) is 3.61. The van der Waals surface area contributed by atoms with E-state index in [-0.39, 0.29) is 5.84 Å². The van der Waals surface area contributed by atoms with Crippen LogP contribution < -0.4 is 16.3 Å². The van der Waals surface area contributed by atoms with Gasteiger partial charge in [0.15, 0.2) is 5.84 Å². The molecule has 0 aliphatic carbocycles. The van der Waals surface area contributed by atoms with Gasteiger partial charge in [0.2, 0.25) is 0 Å². The molecule has 0 radical (unpaired) electrons. The first-order valence-electron chi connectivity index (χ1n) is 14.2. The topological polar surface area (TPSA) is 98.6 Å². The normalized spacial score (nSPS) is 13.3. The van der Waals surface area contributed by atoms with Crippen LogP contribution in [0, 0.1) is 5.41 Å². The van der Waals surface area contributed by atoms with Crippen molar-refractivity contribution in [3.05, 3.63) is 119 Å². The zero-order valence-corrected chi connectivity index (χ0v) is 24.0. The van der Waals surface area contributed by atoms with E-state index in [2.05, 4.69) is 45.2 Å². The molecule has 0 amide bonds. The first-order valence-corrected chi connectivity index (χ1v) is 14.2. The highest BCUT2D eigenvalue weighted by atomic mass is 15.2. The minimum atomic E-state index is 0.166. The van der Waals surface area contributed by atoms with Crippen molar-refractivity contribution >= 4 is 67.1 Å². The predicted molar refractivity (Wildman–Crippen MR) is 175 cm³/mol. The highest BCUT2D eigenvalue weighted by molar-refractivity contribution is 6.13. The molecular formula is C35H28N8. The molecule has 8 nitrogen and oxygen atoms in total. The number of H-pyrrole nitrogens is 1. The first kappa shape index (κ1) is 25.0. The minimum Gasteiger partial charge on any atom is -0.327 e. The molecule has 0 saturated heterocycles. The lowest BCUT2D eigenvalue weighted by atomic mass is 10.0. The highest BCUT2D eigenvalue weighted by Gasteiger charge is 2.19. The van der Waals surface area contributed by atoms with Crippen molar-refractivity contribution in [3.8, 4) is 0 Å². The molecule has 1 aliphatic heterocycles. The molecule has 0 fully saturated rings. The molecule has 7 aromatic rings. The second-order valence-electron chi connectivity index (χ2n) is 10.9. The van der Waals surface area contributed by atoms with E-state index in [1.165, 1.54) is 0 Å². The SMILES string of the molecule is CC1=Nc2c3ccccc3c(n2C)Nc2[nH]c(c3ccccc23)N=c2c3ccccc3c(n2C)=NC(=N)c2ccccc21. The van der Waals surface area contributed by atoms with Crippen LogP contribution in [0.3, 0.4) is 0 Å². The maximum atomic E-state index is 9.17. The van der Waals surface area contributed by atoms with E-state index in [0.717, 1.165) is 72.4 Å². The van der Waals surface area contributed by atoms with Crippen LogP contribution in [0.5, 0.6) is 0 Å². The Labute approximate surface area is 246 Å². The average molecular weight is 561 g/mol. The molecule has 8 rings (SSSR count). The highest BCUT2D eigenvalue weighted by Crippen LogP contribution is 2.40. The summed E-state index contributed by atoms with van der Waals surface area (Å²) in [5, 5.41) is 18.9. The van der Waals surface area contributed by atoms with Crippen LogP contribution in [0.2, 0.25) is 0 Å². The van der Waals surface area contributed by atoms with Gasteiger partial charge in [-0.1, -0.05) is 97.1 Å². The Morgan fingerprint density at radius 1 is 0.581 bits per heavy atom. The van der Waals surface area contributed by atoms with Gasteiger partial charge in [-0.2, -0.15) is 0 Å². The fourth-order valence-electron chi connectivity index (χ4n) is 6.21. The number of hydrogen-bond donors (Lipinski definition) is 3. The monoisotopic (exact) mass is 560 g/mol. The quantitative estimate of drug-likeness (QED) is 0.184. The predicted octanol–water partition coefficient (Wildman–Crippen LogP) is 6.95. The Morgan fingerprint density at radius 3 is 1.86 bits per heavy atom. The third kappa shape index (κ3) is 3.76. The Balaban J connectivity index is 1.52. The Hall–Kier alpha value is -5.76. The second-order valence-corrected chi connectivity index (χ2v) is 10.9. The largest absolute Gasteiger partial charge is 0.327 e. The summed E-state index contributed by atoms with van der Waals surface area (Å²) in [4.78, 5) is 18.9. The van der Waals surface area contributed by atoms with E-state index >= 15 is 0 Å². The molecule has 6 bridgehead atoms. The third-order valence-corrected chi connectivity index (χ3v) is 8.34. The lowest BCUT2D eigenvalue weighted by molar-refractivity contribution is 0.817. The third-order valence-electron chi connectivity index (χ3n) is 8.34. The lowest BCUT2D eigenvalue weighted by Gasteiger charge is -2.10. The molecule has 4 aromatic carbocycles. The maximum Gasteiger partial charge on any atom is 0.154 e. The van der Waals surface area contributed by atoms with Gasteiger partial charge in [-0.15, -0.1) is 0 Å². The van der Waals surface area contributed by atoms with E-state index in [1.807, 2.05) is 92.3 Å². The van der Waals surface area contributed by atoms with Crippen molar-refractivity contribution in [2.75, 3.05) is 5.32 Å². The van der Waals surface area contributed by atoms with Crippen LogP contribution in [0.15, 0.2) is 112 Å². The molecule has 8 heteroatoms. The molecule has 0 spiro atoms. The lowest BCUT2D eigenvalue weighted by Crippen LogP contribution is -2.25. The Morgan fingerprint density at radius 2 is 1.14 bits per heavy atom. The zero-order chi connectivity index (χ0) is 29.2. The number of hydrogen-bond acceptors (Lipinski definition) is 4. The second kappa shape index (κ2) is 9.39. The van der Waals surface area contributed by atoms with Crippen molar-refractivity contribution in [1.29, 1.82) is 5.41 Å². The van der Waals surface area contributed by atoms with E-state index in [1.54, 1.807) is 0 Å². The van der Waals surface area contributed by atoms with Crippen molar-refractivity contribution < 1.29 is 0 Å². The number of anilines is 2. The van der Waals surface area contributed by atoms with Gasteiger partial charge in [0.1, 0.15) is 34.2 Å². The molecule has 43 heavy (non-hydrogen) atoms. The fourth-order valence-corrected chi connectivity index (χ4v) is 6.21. The van der Waals surface area contributed by atoms with E-state index in [0.29, 0.717) is 11.1 Å². The summed E-state index contributed by atoms with van der Waals surface area (Å²) in [6, 6.07) is 32.5. The van der Waals surface area contributed by atoms with Gasteiger partial charge in [-0.3, -0.25) is 5.41 Å². The molecule has 4 heterocycles. The van der Waals surface area contributed by atoms with Crippen molar-refractivity contribution in [2.24, 2.45) is 29.1 Å². The first-order chi connectivity index (χ1) is 21.0. The van der Waals surface area contributed by atoms with Gasteiger partial charge in [0.05, 0.1) is 0 Å². The summed E-state index contributed by atoms with van der Waals surface area (Å²) >= 11 is 0. The molecule has 3 N–H and O–H groups in total. The van der Waals surface area contributed by atoms with Gasteiger partial charge < -0.3 is 19.4 Å². The number of aliphatic imine (C=N–C) groups is 1. The smallest absolute Gasteiger partial charge is 0.154 e. The molecular weight excluding hydrogens is 532 g/mol. The van der Waals surface area contributed by atoms with Crippen LogP contribution in [0.4, 0.5) is 23.3 Å². The molecule has 208 valence electrons. The van der Waals surface area contributed by atoms with Crippen LogP contribution in [0.25, 0.3) is 32.3 Å². The summed E-state index contributed by atoms with van der Waals surface area (Å²) < 4.78 is 4.06. The number of rotatable bonds is 0. The maximum absolute atomic E-state index is 9.17. The number of aromatic amines is 1. The summed E-state index contributed by atoms with van der Waals surface area (Å²) in [5.74, 6) is 3.52. The number of nitrogens with one attached hydrogen (secondary N) is 3. The fraction of sp³-hybridized carbons (Fsp3) is 0.0857. The summed E-state index contributed by atoms with van der Waals surface area (Å²) in [5.41, 5.74) is 3.83. The van der Waals surface area contributed by atoms with Crippen molar-refractivity contribution in [3.63, 3.8) is 0 Å². The number of nitrogens with zero attached hydrogens (tertiary/aromatic N) is 5. The van der Waals surface area contributed by atoms with Gasteiger partial charge in [0, 0.05) is 63.3 Å². The van der Waals surface area contributed by atoms with E-state index < -0.39 is 0 Å². The standard InChI is InChI=1S/C35H28N8/c1-20-21-12-4-5-13-22(21)29(36)38-33-26-17-9-11-19-28(26)35(43(33)3)41-31-24-15-7-6-14-23(24)30(39-31)40-34-27-18-10-8-16-25(27)32(37-20)42(34)2/h4-19,36,39-40H,1-3H3. The van der Waals surface area contributed by atoms with Crippen molar-refractivity contribution in [1.82, 2.24) is 14.1 Å². The van der Waals surface area contributed by atoms with Crippen LogP contribution in [-0.2, 0) is 14.1 Å². The summed E-state index contributed by atoms with van der Waals surface area (Å²) in [7, 11) is 3.99. The van der Waals surface area contributed by atoms with E-state index in [4.69, 9.17) is 20.4 Å². The van der Waals surface area contributed by atoms with Crippen LogP contribution in [-0.4, -0.2) is 25.7 Å². The van der Waals surface area contributed by atoms with Crippen molar-refractivity contribution in [2.45, 2.75) is 6.92 Å². The number of aromatic nitrogens is 3. The van der Waals surface area contributed by atoms with Crippen LogP contribution in [0.1, 0.15) is 18.1 Å². The molecule has 3 aromatic heterocycles. The number of fused-ring (bicyclic) bond motifs is 16. The molecule has 1 aliphatic rings. The molecule has 0 unspecified atom stereocenters. The Kier molecular flexibility index (Phi) is 5.46. The molecule has 0 atom stereocenters. The van der Waals surface area contributed by atoms with Gasteiger partial charge >= 0.3 is 0 Å². The minimum absolute atomic E-state index is 0.166.